The Morgan fingerprint density at radius 3 is 2.53 bits per heavy atom. The van der Waals surface area contributed by atoms with Gasteiger partial charge in [0.15, 0.2) is 0 Å². The SMILES string of the molecule is CC(C)(C)NC(=O)NCc1cc(=O)[nH][nH]1. The Balaban J connectivity index is 2.38. The van der Waals surface area contributed by atoms with E-state index in [1.165, 1.54) is 6.07 Å². The van der Waals surface area contributed by atoms with Crippen molar-refractivity contribution in [2.24, 2.45) is 0 Å². The minimum absolute atomic E-state index is 0.206. The second-order valence-electron chi connectivity index (χ2n) is 4.34. The lowest BCUT2D eigenvalue weighted by atomic mass is 10.1. The minimum atomic E-state index is -0.268. The molecular weight excluding hydrogens is 196 g/mol. The highest BCUT2D eigenvalue weighted by Crippen LogP contribution is 1.97. The van der Waals surface area contributed by atoms with Crippen LogP contribution in [0.2, 0.25) is 0 Å². The zero-order valence-corrected chi connectivity index (χ0v) is 9.10. The molecule has 1 heterocycles. The van der Waals surface area contributed by atoms with Crippen LogP contribution in [0, 0.1) is 0 Å². The lowest BCUT2D eigenvalue weighted by Crippen LogP contribution is -2.46. The van der Waals surface area contributed by atoms with Gasteiger partial charge in [-0.25, -0.2) is 4.79 Å². The van der Waals surface area contributed by atoms with Crippen LogP contribution in [0.1, 0.15) is 26.5 Å². The number of hydrogen-bond acceptors (Lipinski definition) is 2. The maximum Gasteiger partial charge on any atom is 0.315 e. The summed E-state index contributed by atoms with van der Waals surface area (Å²) in [6.07, 6.45) is 0. The van der Waals surface area contributed by atoms with Crippen molar-refractivity contribution in [1.29, 1.82) is 0 Å². The van der Waals surface area contributed by atoms with Crippen LogP contribution in [-0.2, 0) is 6.54 Å². The molecule has 0 saturated heterocycles. The topological polar surface area (TPSA) is 89.8 Å². The van der Waals surface area contributed by atoms with Gasteiger partial charge in [-0.2, -0.15) is 0 Å². The molecule has 4 N–H and O–H groups in total. The number of nitrogens with one attached hydrogen (secondary N) is 4. The molecule has 84 valence electrons. The Kier molecular flexibility index (Phi) is 3.18. The molecule has 0 unspecified atom stereocenters. The summed E-state index contributed by atoms with van der Waals surface area (Å²) < 4.78 is 0. The average molecular weight is 212 g/mol. The molecule has 0 aliphatic carbocycles. The van der Waals surface area contributed by atoms with Crippen molar-refractivity contribution in [2.75, 3.05) is 0 Å². The zero-order chi connectivity index (χ0) is 11.5. The standard InChI is InChI=1S/C9H16N4O2/c1-9(2,3)11-8(15)10-5-6-4-7(14)13-12-6/h4H,5H2,1-3H3,(H2,10,11,15)(H2,12,13,14). The highest BCUT2D eigenvalue weighted by atomic mass is 16.2. The van der Waals surface area contributed by atoms with Crippen molar-refractivity contribution >= 4 is 6.03 Å². The first-order valence-electron chi connectivity index (χ1n) is 4.69. The molecule has 6 nitrogen and oxygen atoms in total. The van der Waals surface area contributed by atoms with Crippen molar-refractivity contribution in [3.8, 4) is 0 Å². The number of carbonyl (C=O) groups is 1. The molecule has 0 spiro atoms. The first kappa shape index (κ1) is 11.4. The van der Waals surface area contributed by atoms with Gasteiger partial charge >= 0.3 is 6.03 Å². The molecule has 0 aromatic carbocycles. The maximum atomic E-state index is 11.3. The Labute approximate surface area is 87.4 Å². The van der Waals surface area contributed by atoms with Crippen LogP contribution in [0.15, 0.2) is 10.9 Å². The van der Waals surface area contributed by atoms with Gasteiger partial charge < -0.3 is 15.7 Å². The molecule has 0 aliphatic heterocycles. The van der Waals surface area contributed by atoms with Gasteiger partial charge in [0, 0.05) is 11.6 Å². The van der Waals surface area contributed by atoms with Crippen LogP contribution in [0.3, 0.4) is 0 Å². The van der Waals surface area contributed by atoms with Gasteiger partial charge in [0.05, 0.1) is 12.2 Å². The van der Waals surface area contributed by atoms with Gasteiger partial charge in [-0.15, -0.1) is 0 Å². The van der Waals surface area contributed by atoms with Crippen LogP contribution in [-0.4, -0.2) is 21.8 Å². The van der Waals surface area contributed by atoms with E-state index in [0.29, 0.717) is 12.2 Å². The normalized spacial score (nSPS) is 11.1. The molecule has 6 heteroatoms. The monoisotopic (exact) mass is 212 g/mol. The molecule has 0 saturated carbocycles. The third kappa shape index (κ3) is 4.35. The Bertz CT molecular complexity index is 385. The Morgan fingerprint density at radius 2 is 2.07 bits per heavy atom. The van der Waals surface area contributed by atoms with E-state index in [0.717, 1.165) is 0 Å². The first-order valence-corrected chi connectivity index (χ1v) is 4.69. The van der Waals surface area contributed by atoms with Crippen LogP contribution in [0.5, 0.6) is 0 Å². The van der Waals surface area contributed by atoms with Gasteiger partial charge in [-0.3, -0.25) is 9.89 Å². The smallest absolute Gasteiger partial charge is 0.315 e. The van der Waals surface area contributed by atoms with Gasteiger partial charge in [-0.1, -0.05) is 0 Å². The molecule has 0 fully saturated rings. The third-order valence-electron chi connectivity index (χ3n) is 1.58. The number of aromatic amines is 2. The molecule has 1 aromatic heterocycles. The van der Waals surface area contributed by atoms with E-state index in [1.807, 2.05) is 20.8 Å². The number of rotatable bonds is 2. The van der Waals surface area contributed by atoms with Gasteiger partial charge in [0.1, 0.15) is 0 Å². The predicted molar refractivity (Wildman–Crippen MR) is 56.5 cm³/mol. The van der Waals surface area contributed by atoms with Gasteiger partial charge in [0.25, 0.3) is 5.56 Å². The summed E-state index contributed by atoms with van der Waals surface area (Å²) in [5, 5.41) is 10.4. The van der Waals surface area contributed by atoms with Crippen molar-refractivity contribution in [3.63, 3.8) is 0 Å². The number of amides is 2. The third-order valence-corrected chi connectivity index (χ3v) is 1.58. The van der Waals surface area contributed by atoms with Crippen molar-refractivity contribution < 1.29 is 4.79 Å². The van der Waals surface area contributed by atoms with Crippen molar-refractivity contribution in [3.05, 3.63) is 22.1 Å². The molecule has 15 heavy (non-hydrogen) atoms. The fourth-order valence-electron chi connectivity index (χ4n) is 1.03. The van der Waals surface area contributed by atoms with E-state index < -0.39 is 0 Å². The second kappa shape index (κ2) is 4.20. The first-order chi connectivity index (χ1) is 6.87. The lowest BCUT2D eigenvalue weighted by molar-refractivity contribution is 0.231. The lowest BCUT2D eigenvalue weighted by Gasteiger charge is -2.20. The summed E-state index contributed by atoms with van der Waals surface area (Å²) in [5.41, 5.74) is 0.169. The molecule has 0 radical (unpaired) electrons. The summed E-state index contributed by atoms with van der Waals surface area (Å²) >= 11 is 0. The number of urea groups is 1. The number of H-pyrrole nitrogens is 2. The molecule has 1 aromatic rings. The van der Waals surface area contributed by atoms with Crippen LogP contribution < -0.4 is 16.2 Å². The fourth-order valence-corrected chi connectivity index (χ4v) is 1.03. The van der Waals surface area contributed by atoms with Crippen LogP contribution in [0.25, 0.3) is 0 Å². The minimum Gasteiger partial charge on any atom is -0.334 e. The summed E-state index contributed by atoms with van der Waals surface area (Å²) in [4.78, 5) is 22.1. The Morgan fingerprint density at radius 1 is 1.40 bits per heavy atom. The van der Waals surface area contributed by atoms with Crippen molar-refractivity contribution in [1.82, 2.24) is 20.8 Å². The van der Waals surface area contributed by atoms with Crippen LogP contribution >= 0.6 is 0 Å². The largest absolute Gasteiger partial charge is 0.334 e. The summed E-state index contributed by atoms with van der Waals surface area (Å²) in [5.74, 6) is 0. The Hall–Kier alpha value is -1.72. The molecule has 0 atom stereocenters. The van der Waals surface area contributed by atoms with E-state index in [2.05, 4.69) is 20.8 Å². The van der Waals surface area contributed by atoms with E-state index in [9.17, 15) is 9.59 Å². The fraction of sp³-hybridized carbons (Fsp3) is 0.556. The molecule has 0 bridgehead atoms. The molecule has 0 aliphatic rings. The van der Waals surface area contributed by atoms with Crippen molar-refractivity contribution in [2.45, 2.75) is 32.9 Å². The number of hydrogen-bond donors (Lipinski definition) is 4. The highest BCUT2D eigenvalue weighted by molar-refractivity contribution is 5.74. The summed E-state index contributed by atoms with van der Waals surface area (Å²) in [7, 11) is 0. The molecular formula is C9H16N4O2. The quantitative estimate of drug-likeness (QED) is 0.568. The average Bonchev–Trinajstić information content (AvgIpc) is 2.45. The molecule has 1 rings (SSSR count). The maximum absolute atomic E-state index is 11.3. The van der Waals surface area contributed by atoms with Gasteiger partial charge in [0.2, 0.25) is 0 Å². The van der Waals surface area contributed by atoms with E-state index in [4.69, 9.17) is 0 Å². The summed E-state index contributed by atoms with van der Waals surface area (Å²) in [6.45, 7) is 5.97. The van der Waals surface area contributed by atoms with E-state index >= 15 is 0 Å². The number of aromatic nitrogens is 2. The molecule has 2 amide bonds. The van der Waals surface area contributed by atoms with Gasteiger partial charge in [-0.05, 0) is 20.8 Å². The van der Waals surface area contributed by atoms with E-state index in [-0.39, 0.29) is 17.1 Å². The second-order valence-corrected chi connectivity index (χ2v) is 4.34. The van der Waals surface area contributed by atoms with Crippen LogP contribution in [0.4, 0.5) is 4.79 Å². The summed E-state index contributed by atoms with van der Waals surface area (Å²) in [6, 6.07) is 1.14. The van der Waals surface area contributed by atoms with E-state index in [1.54, 1.807) is 0 Å². The predicted octanol–water partition coefficient (Wildman–Crippen LogP) is 0.301. The highest BCUT2D eigenvalue weighted by Gasteiger charge is 2.12. The number of carbonyl (C=O) groups excluding carboxylic acids is 1. The zero-order valence-electron chi connectivity index (χ0n) is 9.10.